The van der Waals surface area contributed by atoms with Crippen molar-refractivity contribution in [2.75, 3.05) is 14.2 Å². The van der Waals surface area contributed by atoms with Crippen molar-refractivity contribution in [3.8, 4) is 22.8 Å². The lowest BCUT2D eigenvalue weighted by Gasteiger charge is -2.10. The van der Waals surface area contributed by atoms with E-state index in [9.17, 15) is 9.90 Å². The molecule has 1 heterocycles. The molecule has 1 N–H and O–H groups in total. The van der Waals surface area contributed by atoms with Gasteiger partial charge in [-0.3, -0.25) is 4.79 Å². The van der Waals surface area contributed by atoms with Crippen molar-refractivity contribution in [1.29, 1.82) is 0 Å². The van der Waals surface area contributed by atoms with Crippen molar-refractivity contribution < 1.29 is 19.0 Å². The first-order valence-electron chi connectivity index (χ1n) is 7.07. The second-order valence-electron chi connectivity index (χ2n) is 4.99. The molecule has 0 unspecified atom stereocenters. The molecule has 0 fully saturated rings. The zero-order chi connectivity index (χ0) is 16.4. The second kappa shape index (κ2) is 6.14. The third kappa shape index (κ3) is 2.66. The first kappa shape index (κ1) is 15.1. The number of para-hydroxylation sites is 1. The number of aliphatic hydroxyl groups excluding tert-OH is 1. The van der Waals surface area contributed by atoms with E-state index in [-0.39, 0.29) is 12.0 Å². The number of benzene rings is 2. The molecule has 23 heavy (non-hydrogen) atoms. The van der Waals surface area contributed by atoms with Crippen LogP contribution in [0.25, 0.3) is 22.3 Å². The van der Waals surface area contributed by atoms with Crippen molar-refractivity contribution in [3.05, 3.63) is 58.3 Å². The van der Waals surface area contributed by atoms with E-state index in [2.05, 4.69) is 0 Å². The van der Waals surface area contributed by atoms with Crippen molar-refractivity contribution in [2.24, 2.45) is 0 Å². The number of ether oxygens (including phenoxy) is 2. The van der Waals surface area contributed by atoms with Crippen LogP contribution < -0.4 is 14.9 Å². The number of methoxy groups -OCH3 is 2. The van der Waals surface area contributed by atoms with Crippen LogP contribution in [0.5, 0.6) is 11.5 Å². The van der Waals surface area contributed by atoms with Crippen molar-refractivity contribution in [1.82, 2.24) is 0 Å². The van der Waals surface area contributed by atoms with Gasteiger partial charge in [0.1, 0.15) is 22.8 Å². The summed E-state index contributed by atoms with van der Waals surface area (Å²) in [7, 11) is 3.05. The van der Waals surface area contributed by atoms with Crippen LogP contribution in [-0.2, 0) is 6.61 Å². The van der Waals surface area contributed by atoms with E-state index in [1.165, 1.54) is 13.2 Å². The van der Waals surface area contributed by atoms with Crippen LogP contribution in [0, 0.1) is 0 Å². The first-order chi connectivity index (χ1) is 11.2. The lowest BCUT2D eigenvalue weighted by Crippen LogP contribution is -2.03. The molecule has 5 nitrogen and oxygen atoms in total. The predicted molar refractivity (Wildman–Crippen MR) is 86.9 cm³/mol. The third-order valence-electron chi connectivity index (χ3n) is 3.67. The third-order valence-corrected chi connectivity index (χ3v) is 3.67. The Morgan fingerprint density at radius 1 is 1.04 bits per heavy atom. The lowest BCUT2D eigenvalue weighted by molar-refractivity contribution is 0.274. The minimum Gasteiger partial charge on any atom is -0.496 e. The maximum absolute atomic E-state index is 12.4. The average molecular weight is 312 g/mol. The average Bonchev–Trinajstić information content (AvgIpc) is 2.60. The molecule has 0 aliphatic carbocycles. The standard InChI is InChI=1S/C18H16O5/c1-21-15-6-4-3-5-12(15)18-9-14(20)13-8-16(22-2)11(10-19)7-17(13)23-18/h3-9,19H,10H2,1-2H3. The summed E-state index contributed by atoms with van der Waals surface area (Å²) in [6.07, 6.45) is 0. The molecule has 0 atom stereocenters. The van der Waals surface area contributed by atoms with Crippen LogP contribution in [0.3, 0.4) is 0 Å². The maximum atomic E-state index is 12.4. The van der Waals surface area contributed by atoms with Crippen LogP contribution in [0.4, 0.5) is 0 Å². The Hall–Kier alpha value is -2.79. The van der Waals surface area contributed by atoms with Gasteiger partial charge in [-0.25, -0.2) is 0 Å². The molecule has 118 valence electrons. The number of rotatable bonds is 4. The zero-order valence-corrected chi connectivity index (χ0v) is 12.8. The van der Waals surface area contributed by atoms with E-state index < -0.39 is 0 Å². The summed E-state index contributed by atoms with van der Waals surface area (Å²) >= 11 is 0. The highest BCUT2D eigenvalue weighted by Gasteiger charge is 2.13. The van der Waals surface area contributed by atoms with Gasteiger partial charge in [0.2, 0.25) is 0 Å². The van der Waals surface area contributed by atoms with E-state index >= 15 is 0 Å². The highest BCUT2D eigenvalue weighted by molar-refractivity contribution is 5.82. The molecule has 3 rings (SSSR count). The molecule has 0 amide bonds. The van der Waals surface area contributed by atoms with Crippen LogP contribution >= 0.6 is 0 Å². The van der Waals surface area contributed by atoms with Crippen molar-refractivity contribution in [3.63, 3.8) is 0 Å². The summed E-state index contributed by atoms with van der Waals surface area (Å²) < 4.78 is 16.4. The highest BCUT2D eigenvalue weighted by atomic mass is 16.5. The van der Waals surface area contributed by atoms with Gasteiger partial charge < -0.3 is 19.0 Å². The van der Waals surface area contributed by atoms with Gasteiger partial charge in [-0.15, -0.1) is 0 Å². The topological polar surface area (TPSA) is 68.9 Å². The summed E-state index contributed by atoms with van der Waals surface area (Å²) in [5.41, 5.74) is 1.45. The molecule has 0 radical (unpaired) electrons. The molecule has 0 bridgehead atoms. The van der Waals surface area contributed by atoms with Gasteiger partial charge in [0.25, 0.3) is 0 Å². The number of fused-ring (bicyclic) bond motifs is 1. The second-order valence-corrected chi connectivity index (χ2v) is 4.99. The van der Waals surface area contributed by atoms with Gasteiger partial charge in [0.15, 0.2) is 5.43 Å². The van der Waals surface area contributed by atoms with E-state index in [0.29, 0.717) is 39.4 Å². The van der Waals surface area contributed by atoms with Gasteiger partial charge in [-0.05, 0) is 24.3 Å². The van der Waals surface area contributed by atoms with Crippen LogP contribution in [0.2, 0.25) is 0 Å². The van der Waals surface area contributed by atoms with Gasteiger partial charge in [-0.1, -0.05) is 12.1 Å². The van der Waals surface area contributed by atoms with Crippen LogP contribution in [0.1, 0.15) is 5.56 Å². The van der Waals surface area contributed by atoms with Crippen LogP contribution in [0.15, 0.2) is 51.7 Å². The molecular formula is C18H16O5. The van der Waals surface area contributed by atoms with E-state index in [0.717, 1.165) is 0 Å². The number of hydrogen-bond acceptors (Lipinski definition) is 5. The van der Waals surface area contributed by atoms with Gasteiger partial charge in [0.05, 0.1) is 31.8 Å². The Morgan fingerprint density at radius 3 is 2.48 bits per heavy atom. The SMILES string of the molecule is COc1cc2c(=O)cc(-c3ccccc3OC)oc2cc1CO. The van der Waals surface area contributed by atoms with Crippen molar-refractivity contribution >= 4 is 11.0 Å². The molecule has 0 aliphatic heterocycles. The van der Waals surface area contributed by atoms with E-state index in [1.54, 1.807) is 25.3 Å². The molecule has 0 saturated carbocycles. The fourth-order valence-corrected chi connectivity index (χ4v) is 2.52. The summed E-state index contributed by atoms with van der Waals surface area (Å²) in [5, 5.41) is 9.83. The summed E-state index contributed by atoms with van der Waals surface area (Å²) in [6, 6.07) is 11.9. The fraction of sp³-hybridized carbons (Fsp3) is 0.167. The Bertz CT molecular complexity index is 911. The normalized spacial score (nSPS) is 10.7. The fourth-order valence-electron chi connectivity index (χ4n) is 2.52. The van der Waals surface area contributed by atoms with Gasteiger partial charge >= 0.3 is 0 Å². The monoisotopic (exact) mass is 312 g/mol. The molecule has 5 heteroatoms. The van der Waals surface area contributed by atoms with Crippen molar-refractivity contribution in [2.45, 2.75) is 6.61 Å². The van der Waals surface area contributed by atoms with Gasteiger partial charge in [0, 0.05) is 11.6 Å². The minimum atomic E-state index is -0.207. The number of hydrogen-bond donors (Lipinski definition) is 1. The Morgan fingerprint density at radius 2 is 1.78 bits per heavy atom. The largest absolute Gasteiger partial charge is 0.496 e. The molecule has 0 saturated heterocycles. The molecule has 2 aromatic carbocycles. The van der Waals surface area contributed by atoms with E-state index in [1.807, 2.05) is 18.2 Å². The molecule has 3 aromatic rings. The Labute approximate surface area is 132 Å². The maximum Gasteiger partial charge on any atom is 0.193 e. The molecule has 0 aliphatic rings. The zero-order valence-electron chi connectivity index (χ0n) is 12.8. The molecular weight excluding hydrogens is 296 g/mol. The first-order valence-corrected chi connectivity index (χ1v) is 7.07. The minimum absolute atomic E-state index is 0.185. The summed E-state index contributed by atoms with van der Waals surface area (Å²) in [4.78, 5) is 12.4. The smallest absolute Gasteiger partial charge is 0.193 e. The summed E-state index contributed by atoms with van der Waals surface area (Å²) in [6.45, 7) is -0.207. The van der Waals surface area contributed by atoms with Gasteiger partial charge in [-0.2, -0.15) is 0 Å². The molecule has 0 spiro atoms. The van der Waals surface area contributed by atoms with E-state index in [4.69, 9.17) is 13.9 Å². The summed E-state index contributed by atoms with van der Waals surface area (Å²) in [5.74, 6) is 1.48. The Balaban J connectivity index is 2.27. The highest BCUT2D eigenvalue weighted by Crippen LogP contribution is 2.32. The van der Waals surface area contributed by atoms with Crippen LogP contribution in [-0.4, -0.2) is 19.3 Å². The molecule has 1 aromatic heterocycles. The Kier molecular flexibility index (Phi) is 4.04. The number of aliphatic hydroxyl groups is 1. The predicted octanol–water partition coefficient (Wildman–Crippen LogP) is 2.97. The quantitative estimate of drug-likeness (QED) is 0.802. The lowest BCUT2D eigenvalue weighted by atomic mass is 10.1.